The Kier molecular flexibility index (Phi) is 3.59. The first-order valence-electron chi connectivity index (χ1n) is 5.63. The predicted molar refractivity (Wildman–Crippen MR) is 66.7 cm³/mol. The van der Waals surface area contributed by atoms with Gasteiger partial charge in [0.2, 0.25) is 0 Å². The zero-order chi connectivity index (χ0) is 15.0. The molecule has 0 N–H and O–H groups in total. The molecule has 0 saturated heterocycles. The van der Waals surface area contributed by atoms with Crippen LogP contribution in [-0.4, -0.2) is 18.9 Å². The molecule has 0 fully saturated rings. The van der Waals surface area contributed by atoms with Crippen LogP contribution in [0.1, 0.15) is 12.5 Å². The van der Waals surface area contributed by atoms with Gasteiger partial charge in [-0.25, -0.2) is 0 Å². The Morgan fingerprint density at radius 1 is 1.25 bits per heavy atom. The molecule has 2 aromatic rings. The summed E-state index contributed by atoms with van der Waals surface area (Å²) in [5.41, 5.74) is -4.06. The second kappa shape index (κ2) is 4.93. The highest BCUT2D eigenvalue weighted by Gasteiger charge is 2.48. The molecule has 108 valence electrons. The van der Waals surface area contributed by atoms with Crippen molar-refractivity contribution in [3.05, 3.63) is 36.0 Å². The van der Waals surface area contributed by atoms with Crippen molar-refractivity contribution in [3.63, 3.8) is 0 Å². The molecule has 0 saturated carbocycles. The summed E-state index contributed by atoms with van der Waals surface area (Å²) in [4.78, 5) is 4.05. The number of halogens is 3. The first-order chi connectivity index (χ1) is 9.24. The van der Waals surface area contributed by atoms with E-state index in [4.69, 9.17) is 0 Å². The number of alkyl halides is 3. The van der Waals surface area contributed by atoms with Crippen molar-refractivity contribution in [2.45, 2.75) is 18.9 Å². The summed E-state index contributed by atoms with van der Waals surface area (Å²) in [7, 11) is -5.66. The molecule has 0 aliphatic heterocycles. The molecular formula is C12H10F3NO3S. The maximum absolute atomic E-state index is 12.3. The molecule has 0 aliphatic rings. The SMILES string of the molecule is CCc1ccnc2ccc(OS(=O)(=O)C(F)(F)F)cc12. The Labute approximate surface area is 113 Å². The second-order valence-corrected chi connectivity index (χ2v) is 5.52. The van der Waals surface area contributed by atoms with Crippen molar-refractivity contribution in [1.82, 2.24) is 4.98 Å². The van der Waals surface area contributed by atoms with Crippen molar-refractivity contribution in [3.8, 4) is 5.75 Å². The molecule has 1 aromatic carbocycles. The maximum atomic E-state index is 12.3. The van der Waals surface area contributed by atoms with Gasteiger partial charge in [-0.2, -0.15) is 21.6 Å². The van der Waals surface area contributed by atoms with Crippen molar-refractivity contribution in [1.29, 1.82) is 0 Å². The largest absolute Gasteiger partial charge is 0.534 e. The highest BCUT2D eigenvalue weighted by molar-refractivity contribution is 7.88. The van der Waals surface area contributed by atoms with Crippen LogP contribution in [-0.2, 0) is 16.5 Å². The van der Waals surface area contributed by atoms with E-state index in [-0.39, 0.29) is 0 Å². The van der Waals surface area contributed by atoms with Gasteiger partial charge in [0, 0.05) is 11.6 Å². The van der Waals surface area contributed by atoms with Crippen LogP contribution in [0.25, 0.3) is 10.9 Å². The minimum Gasteiger partial charge on any atom is -0.376 e. The molecule has 0 aliphatic carbocycles. The predicted octanol–water partition coefficient (Wildman–Crippen LogP) is 3.03. The third-order valence-electron chi connectivity index (χ3n) is 2.67. The first-order valence-corrected chi connectivity index (χ1v) is 7.04. The summed E-state index contributed by atoms with van der Waals surface area (Å²) >= 11 is 0. The minimum atomic E-state index is -5.66. The first kappa shape index (κ1) is 14.6. The van der Waals surface area contributed by atoms with E-state index in [2.05, 4.69) is 9.17 Å². The number of benzene rings is 1. The van der Waals surface area contributed by atoms with E-state index in [1.54, 1.807) is 12.3 Å². The Hall–Kier alpha value is -1.83. The molecule has 2 rings (SSSR count). The number of pyridine rings is 1. The van der Waals surface area contributed by atoms with E-state index < -0.39 is 21.4 Å². The minimum absolute atomic E-state index is 0.391. The highest BCUT2D eigenvalue weighted by Crippen LogP contribution is 2.29. The Bertz CT molecular complexity index is 741. The Morgan fingerprint density at radius 3 is 2.55 bits per heavy atom. The number of fused-ring (bicyclic) bond motifs is 1. The van der Waals surface area contributed by atoms with Crippen LogP contribution >= 0.6 is 0 Å². The molecule has 1 heterocycles. The summed E-state index contributed by atoms with van der Waals surface area (Å²) < 4.78 is 62.8. The smallest absolute Gasteiger partial charge is 0.376 e. The van der Waals surface area contributed by atoms with E-state index in [1.807, 2.05) is 6.92 Å². The molecule has 8 heteroatoms. The zero-order valence-electron chi connectivity index (χ0n) is 10.3. The lowest BCUT2D eigenvalue weighted by molar-refractivity contribution is -0.0500. The van der Waals surface area contributed by atoms with Crippen LogP contribution in [0.3, 0.4) is 0 Å². The summed E-state index contributed by atoms with van der Waals surface area (Å²) in [6.07, 6.45) is 2.21. The fourth-order valence-electron chi connectivity index (χ4n) is 1.72. The molecule has 20 heavy (non-hydrogen) atoms. The third-order valence-corrected chi connectivity index (χ3v) is 3.65. The van der Waals surface area contributed by atoms with E-state index >= 15 is 0 Å². The van der Waals surface area contributed by atoms with Crippen molar-refractivity contribution >= 4 is 21.0 Å². The van der Waals surface area contributed by atoms with Crippen molar-refractivity contribution in [2.24, 2.45) is 0 Å². The number of aromatic nitrogens is 1. The van der Waals surface area contributed by atoms with Gasteiger partial charge in [-0.3, -0.25) is 4.98 Å². The fourth-order valence-corrected chi connectivity index (χ4v) is 2.17. The normalized spacial score (nSPS) is 12.6. The van der Waals surface area contributed by atoms with E-state index in [0.29, 0.717) is 17.3 Å². The zero-order valence-corrected chi connectivity index (χ0v) is 11.1. The van der Waals surface area contributed by atoms with Crippen molar-refractivity contribution in [2.75, 3.05) is 0 Å². The number of rotatable bonds is 3. The van der Waals surface area contributed by atoms with Crippen LogP contribution < -0.4 is 4.18 Å². The van der Waals surface area contributed by atoms with Crippen LogP contribution in [0.5, 0.6) is 5.75 Å². The average molecular weight is 305 g/mol. The quantitative estimate of drug-likeness (QED) is 0.646. The molecule has 0 atom stereocenters. The van der Waals surface area contributed by atoms with Crippen LogP contribution in [0, 0.1) is 0 Å². The van der Waals surface area contributed by atoms with Gasteiger partial charge in [-0.1, -0.05) is 6.92 Å². The van der Waals surface area contributed by atoms with Gasteiger partial charge in [0.15, 0.2) is 0 Å². The third kappa shape index (κ3) is 2.69. The summed E-state index contributed by atoms with van der Waals surface area (Å²) in [6.45, 7) is 1.87. The van der Waals surface area contributed by atoms with Gasteiger partial charge in [0.05, 0.1) is 5.52 Å². The van der Waals surface area contributed by atoms with Crippen LogP contribution in [0.15, 0.2) is 30.5 Å². The summed E-state index contributed by atoms with van der Waals surface area (Å²) in [5.74, 6) is -0.391. The topological polar surface area (TPSA) is 56.3 Å². The maximum Gasteiger partial charge on any atom is 0.534 e. The highest BCUT2D eigenvalue weighted by atomic mass is 32.2. The lowest BCUT2D eigenvalue weighted by Crippen LogP contribution is -2.28. The number of aryl methyl sites for hydroxylation is 1. The van der Waals surface area contributed by atoms with E-state index in [9.17, 15) is 21.6 Å². The number of hydrogen-bond acceptors (Lipinski definition) is 4. The fraction of sp³-hybridized carbons (Fsp3) is 0.250. The second-order valence-electron chi connectivity index (χ2n) is 3.99. The molecule has 0 bridgehead atoms. The van der Waals surface area contributed by atoms with E-state index in [1.165, 1.54) is 12.1 Å². The average Bonchev–Trinajstić information content (AvgIpc) is 2.36. The molecule has 4 nitrogen and oxygen atoms in total. The van der Waals surface area contributed by atoms with Gasteiger partial charge >= 0.3 is 15.6 Å². The Morgan fingerprint density at radius 2 is 1.95 bits per heavy atom. The van der Waals surface area contributed by atoms with Gasteiger partial charge in [0.25, 0.3) is 0 Å². The summed E-state index contributed by atoms with van der Waals surface area (Å²) in [6, 6.07) is 5.50. The number of hydrogen-bond donors (Lipinski definition) is 0. The van der Waals surface area contributed by atoms with Gasteiger partial charge < -0.3 is 4.18 Å². The van der Waals surface area contributed by atoms with Crippen LogP contribution in [0.2, 0.25) is 0 Å². The summed E-state index contributed by atoms with van der Waals surface area (Å²) in [5, 5.41) is 0.560. The lowest BCUT2D eigenvalue weighted by Gasteiger charge is -2.10. The standard InChI is InChI=1S/C12H10F3NO3S/c1-2-8-5-6-16-11-4-3-9(7-10(8)11)19-20(17,18)12(13,14)15/h3-7H,2H2,1H3. The molecule has 0 amide bonds. The lowest BCUT2D eigenvalue weighted by atomic mass is 10.1. The van der Waals surface area contributed by atoms with Gasteiger partial charge in [-0.15, -0.1) is 0 Å². The number of nitrogens with zero attached hydrogens (tertiary/aromatic N) is 1. The molecule has 0 unspecified atom stereocenters. The van der Waals surface area contributed by atoms with Crippen molar-refractivity contribution < 1.29 is 25.8 Å². The molecule has 0 radical (unpaired) electrons. The monoisotopic (exact) mass is 305 g/mol. The van der Waals surface area contributed by atoms with Gasteiger partial charge in [-0.05, 0) is 36.2 Å². The molecular weight excluding hydrogens is 295 g/mol. The van der Waals surface area contributed by atoms with Crippen LogP contribution in [0.4, 0.5) is 13.2 Å². The molecule has 1 aromatic heterocycles. The Balaban J connectivity index is 2.48. The molecule has 0 spiro atoms. The van der Waals surface area contributed by atoms with E-state index in [0.717, 1.165) is 11.6 Å². The van der Waals surface area contributed by atoms with Gasteiger partial charge in [0.1, 0.15) is 5.75 Å².